The number of benzene rings is 8. The average molecular weight is 1790 g/mol. The molecule has 43 heteroatoms. The lowest BCUT2D eigenvalue weighted by molar-refractivity contribution is -0.154. The van der Waals surface area contributed by atoms with Crippen molar-refractivity contribution in [2.75, 3.05) is 59.5 Å². The summed E-state index contributed by atoms with van der Waals surface area (Å²) in [7, 11) is 2.33. The minimum atomic E-state index is -4.52. The highest BCUT2D eigenvalue weighted by atomic mass is 79.9. The van der Waals surface area contributed by atoms with E-state index >= 15 is 0 Å². The summed E-state index contributed by atoms with van der Waals surface area (Å²) in [6, 6.07) is 34.6. The number of rotatable bonds is 17. The van der Waals surface area contributed by atoms with Crippen LogP contribution in [0.25, 0.3) is 0 Å². The number of ether oxygens (including phenoxy) is 9. The number of aromatic hydroxyl groups is 1. The van der Waals surface area contributed by atoms with Crippen molar-refractivity contribution < 1.29 is 165 Å². The Labute approximate surface area is 685 Å². The molecule has 0 saturated carbocycles. The molecule has 2 fully saturated rings. The number of carbonyl (C=O) groups is 10. The first kappa shape index (κ1) is 91.6. The van der Waals surface area contributed by atoms with Crippen LogP contribution < -0.4 is 51.7 Å². The minimum Gasteiger partial charge on any atom is -0.508 e. The van der Waals surface area contributed by atoms with Gasteiger partial charge in [0.05, 0.1) is 55.2 Å². The fourth-order valence-corrected chi connectivity index (χ4v) is 11.9. The number of aliphatic hydroxyl groups is 1. The number of nitrogens with zero attached hydrogens (tertiary/aromatic N) is 1. The van der Waals surface area contributed by atoms with Crippen LogP contribution in [0.1, 0.15) is 110 Å². The van der Waals surface area contributed by atoms with E-state index in [4.69, 9.17) is 43.6 Å². The van der Waals surface area contributed by atoms with Gasteiger partial charge in [0, 0.05) is 49.3 Å². The molecule has 121 heavy (non-hydrogen) atoms. The zero-order chi connectivity index (χ0) is 91.1. The maximum atomic E-state index is 13.4. The number of amides is 7. The lowest BCUT2D eigenvalue weighted by Crippen LogP contribution is -2.52. The van der Waals surface area contributed by atoms with Crippen molar-refractivity contribution in [3.63, 3.8) is 0 Å². The van der Waals surface area contributed by atoms with Gasteiger partial charge in [-0.3, -0.25) is 25.0 Å². The van der Waals surface area contributed by atoms with Gasteiger partial charge in [0.1, 0.15) is 60.2 Å². The number of alkyl halides is 13. The number of aliphatic hydroxyl groups excluding tert-OH is 1. The highest BCUT2D eigenvalue weighted by Crippen LogP contribution is 2.36. The van der Waals surface area contributed by atoms with Gasteiger partial charge >= 0.3 is 66.6 Å². The van der Waals surface area contributed by atoms with Gasteiger partial charge in [0.2, 0.25) is 0 Å². The maximum Gasteiger partial charge on any atom is 0.422 e. The second kappa shape index (κ2) is 40.0. The normalized spacial score (nSPS) is 16.4. The minimum absolute atomic E-state index is 0.00919. The number of urea groups is 2. The summed E-state index contributed by atoms with van der Waals surface area (Å²) in [5.41, 5.74) is 14.8. The third-order valence-electron chi connectivity index (χ3n) is 17.2. The van der Waals surface area contributed by atoms with Crippen LogP contribution in [-0.4, -0.2) is 153 Å². The van der Waals surface area contributed by atoms with Crippen LogP contribution >= 0.6 is 15.9 Å². The highest BCUT2D eigenvalue weighted by molar-refractivity contribution is 9.08. The molecule has 0 bridgehead atoms. The number of esters is 5. The summed E-state index contributed by atoms with van der Waals surface area (Å²) in [5.74, 6) is -5.42. The standard InChI is InChI=1S/C20H15F4N3O4.C11H10BrF3O3.C11H11F3O4.C10H7F3O3.C10H10FN3O2.C8H7NO2.C8H6O3.H2/c21-13-4-2-12(3-5-13)19(17(29)25-18(30)26-19)9-27-8-11-1-6-14(7-15(11)16(27)28)31-10-20(22,23)24;1-17-10(16)9-4-8(3-2-7(9)5-12)18-6-11(13,14)15;1-17-10(16)9-4-8(3-2-7(9)5-15)18-6-11(12,13)14;11-10(12,13)5-16-7-2-1-6-4-15-9(14)8(6)3-7;11-7-3-1-6(2-4-7)10(5-12)8(15)13-9(16)14-10;2*9-6-2-1-5-4-11-8(10)7(5)3-6;/h1-7H,8-10H2,(H2,25,26,29,30);2-4H,5-6H2,1H3;2-4,15H,5-6H2,1H3;1-3H,4-5H2;1-4H,5,12H2,(H2,13,14,15,16);1-3H,4,9H2;1-3,9H,4H2;1H/i;;;;;;;1+1D. The van der Waals surface area contributed by atoms with Crippen molar-refractivity contribution in [1.82, 2.24) is 26.2 Å². The lowest BCUT2D eigenvalue weighted by Gasteiger charge is -2.31. The number of methoxy groups -OCH3 is 2. The van der Waals surface area contributed by atoms with Crippen molar-refractivity contribution >= 4 is 81.2 Å². The van der Waals surface area contributed by atoms with Gasteiger partial charge in [0.15, 0.2) is 37.5 Å². The topological polar surface area (TPSA) is 398 Å². The van der Waals surface area contributed by atoms with Crippen LogP contribution in [-0.2, 0) is 82.7 Å². The van der Waals surface area contributed by atoms with Crippen LogP contribution in [0.2, 0.25) is 0 Å². The molecule has 2 unspecified atom stereocenters. The van der Waals surface area contributed by atoms with Crippen LogP contribution in [0.5, 0.6) is 28.7 Å². The number of halogens is 15. The Morgan fingerprint density at radius 1 is 0.496 bits per heavy atom. The summed E-state index contributed by atoms with van der Waals surface area (Å²) in [6.07, 6.45) is -17.8. The van der Waals surface area contributed by atoms with E-state index < -0.39 is 128 Å². The Balaban J connectivity index is 0.000000202. The number of anilines is 1. The molecule has 6 aliphatic heterocycles. The van der Waals surface area contributed by atoms with Crippen molar-refractivity contribution in [2.24, 2.45) is 5.73 Å². The van der Waals surface area contributed by atoms with Crippen molar-refractivity contribution in [2.45, 2.75) is 74.1 Å². The molecule has 2 saturated heterocycles. The van der Waals surface area contributed by atoms with E-state index in [9.17, 15) is 109 Å². The number of nitrogens with one attached hydrogen (secondary N) is 4. The van der Waals surface area contributed by atoms with E-state index in [1.165, 1.54) is 121 Å². The van der Waals surface area contributed by atoms with E-state index in [0.717, 1.165) is 36.4 Å². The number of phenolic OH excluding ortho intramolecular Hbond substituents is 1. The Kier molecular flexibility index (Phi) is 30.2. The summed E-state index contributed by atoms with van der Waals surface area (Å²) in [4.78, 5) is 117. The number of hydrogen-bond donors (Lipinski definition) is 8. The molecule has 6 aliphatic rings. The van der Waals surface area contributed by atoms with Crippen molar-refractivity contribution in [3.05, 3.63) is 247 Å². The molecule has 8 aromatic rings. The van der Waals surface area contributed by atoms with Crippen molar-refractivity contribution in [3.8, 4) is 28.7 Å². The van der Waals surface area contributed by atoms with Gasteiger partial charge in [-0.1, -0.05) is 76.6 Å². The van der Waals surface area contributed by atoms with E-state index in [2.05, 4.69) is 60.9 Å². The van der Waals surface area contributed by atoms with Gasteiger partial charge < -0.3 is 79.8 Å². The van der Waals surface area contributed by atoms with Gasteiger partial charge in [-0.25, -0.2) is 42.3 Å². The predicted octanol–water partition coefficient (Wildman–Crippen LogP) is 12.0. The van der Waals surface area contributed by atoms with Crippen LogP contribution in [0.3, 0.4) is 0 Å². The van der Waals surface area contributed by atoms with Crippen LogP contribution in [0.4, 0.5) is 76.7 Å². The molecule has 646 valence electrons. The smallest absolute Gasteiger partial charge is 0.422 e. The molecule has 2 atom stereocenters. The zero-order valence-electron chi connectivity index (χ0n) is 64.4. The molecular weight excluding hydrogens is 1720 g/mol. The van der Waals surface area contributed by atoms with Gasteiger partial charge in [-0.15, -0.1) is 0 Å². The Hall–Kier alpha value is -13.3. The Bertz CT molecular complexity index is 5050. The highest BCUT2D eigenvalue weighted by Gasteiger charge is 2.51. The first-order valence-electron chi connectivity index (χ1n) is 35.5. The second-order valence-electron chi connectivity index (χ2n) is 25.7. The lowest BCUT2D eigenvalue weighted by atomic mass is 9.89. The third kappa shape index (κ3) is 25.6. The van der Waals surface area contributed by atoms with Crippen molar-refractivity contribution in [1.29, 1.82) is 0 Å². The predicted molar refractivity (Wildman–Crippen MR) is 395 cm³/mol. The number of imide groups is 2. The molecule has 0 aromatic heterocycles. The molecular formula is C78H68BrF14N7O21. The number of cyclic esters (lactones) is 3. The fraction of sp³-hybridized carbons (Fsp3) is 0.256. The number of phenols is 1. The number of nitrogen functional groups attached to an aromatic ring is 1. The Morgan fingerprint density at radius 2 is 0.860 bits per heavy atom. The molecule has 0 aliphatic carbocycles. The van der Waals surface area contributed by atoms with Gasteiger partial charge in [-0.05, 0) is 125 Å². The van der Waals surface area contributed by atoms with E-state index in [1.54, 1.807) is 24.3 Å². The van der Waals surface area contributed by atoms with Gasteiger partial charge in [-0.2, -0.15) is 52.7 Å². The summed E-state index contributed by atoms with van der Waals surface area (Å²) >= 11 is 3.17. The quantitative estimate of drug-likeness (QED) is 0.0105. The maximum absolute atomic E-state index is 13.4. The number of fused-ring (bicyclic) bond motifs is 4. The van der Waals surface area contributed by atoms with E-state index in [0.29, 0.717) is 57.6 Å². The molecule has 0 radical (unpaired) electrons. The number of carbonyl (C=O) groups excluding carboxylic acids is 10. The van der Waals surface area contributed by atoms with Crippen LogP contribution in [0.15, 0.2) is 158 Å². The molecule has 0 spiro atoms. The first-order chi connectivity index (χ1) is 57.9. The van der Waals surface area contributed by atoms with Gasteiger partial charge in [0.25, 0.3) is 17.7 Å². The SMILES string of the molecule is COC(=O)c1cc(OCC(F)(F)F)ccc1CBr.COC(=O)c1cc(OCC(F)(F)F)ccc1CO.NCC1(c2ccc(F)cc2)NC(=O)NC1=O.Nc1ccc2c(c1)C(=O)OC2.O=C1NC(=O)C(CN2Cc3ccc(OCC(F)(F)F)cc3C2=O)(c2ccc(F)cc2)N1.O=C1OCc2ccc(O)cc21.O=C1OCc2ccc(OCC(F)(F)F)cc21.[2H][2H]. The largest absolute Gasteiger partial charge is 0.508 e. The first-order valence-corrected chi connectivity index (χ1v) is 35.7. The molecule has 8 aromatic carbocycles. The molecule has 10 N–H and O–H groups in total. The average Bonchev–Trinajstić information content (AvgIpc) is 1.60. The molecule has 14 rings (SSSR count). The summed E-state index contributed by atoms with van der Waals surface area (Å²) in [5, 5.41) is 27.6. The summed E-state index contributed by atoms with van der Waals surface area (Å²) in [6.45, 7) is -5.56. The number of nitrogens with two attached hydrogens (primary N) is 2. The fourth-order valence-electron chi connectivity index (χ4n) is 11.4. The zero-order valence-corrected chi connectivity index (χ0v) is 64.0. The van der Waals surface area contributed by atoms with E-state index in [1.807, 2.05) is 6.07 Å². The van der Waals surface area contributed by atoms with Crippen LogP contribution in [0, 0.1) is 11.6 Å². The second-order valence-corrected chi connectivity index (χ2v) is 26.2. The van der Waals surface area contributed by atoms with E-state index in [-0.39, 0.29) is 100 Å². The third-order valence-corrected chi connectivity index (χ3v) is 17.8. The summed E-state index contributed by atoms with van der Waals surface area (Å²) < 4.78 is 222. The molecule has 6 heterocycles. The molecule has 7 amide bonds. The Morgan fingerprint density at radius 3 is 1.26 bits per heavy atom. The molecule has 28 nitrogen and oxygen atoms in total. The number of hydrogen-bond acceptors (Lipinski definition) is 23. The monoisotopic (exact) mass is 1790 g/mol.